The third-order valence-corrected chi connectivity index (χ3v) is 5.86. The Morgan fingerprint density at radius 2 is 1.88 bits per heavy atom. The first-order valence-electron chi connectivity index (χ1n) is 10.2. The Morgan fingerprint density at radius 1 is 1.12 bits per heavy atom. The van der Waals surface area contributed by atoms with Crippen molar-refractivity contribution in [2.45, 2.75) is 25.6 Å². The number of benzene rings is 1. The van der Waals surface area contributed by atoms with Crippen molar-refractivity contribution in [3.8, 4) is 22.4 Å². The molecule has 4 aromatic rings. The number of urea groups is 1. The lowest BCUT2D eigenvalue weighted by atomic mass is 10.0. The average Bonchev–Trinajstić information content (AvgIpc) is 3.25. The van der Waals surface area contributed by atoms with Crippen LogP contribution in [0.4, 0.5) is 18.7 Å². The van der Waals surface area contributed by atoms with E-state index in [0.717, 1.165) is 10.3 Å². The van der Waals surface area contributed by atoms with Crippen LogP contribution in [0.5, 0.6) is 0 Å². The molecule has 0 saturated heterocycles. The molecule has 176 valence electrons. The number of hydrogen-bond donors (Lipinski definition) is 4. The minimum atomic E-state index is -3.13. The molecule has 0 unspecified atom stereocenters. The van der Waals surface area contributed by atoms with Crippen molar-refractivity contribution in [1.29, 1.82) is 0 Å². The number of aliphatic hydroxyl groups is 2. The number of rotatable bonds is 7. The van der Waals surface area contributed by atoms with Crippen LogP contribution in [0.3, 0.4) is 0 Å². The summed E-state index contributed by atoms with van der Waals surface area (Å²) in [6.45, 7) is 2.28. The molecule has 2 atom stereocenters. The number of nitrogens with one attached hydrogen (secondary N) is 2. The number of pyridine rings is 1. The van der Waals surface area contributed by atoms with E-state index in [9.17, 15) is 23.8 Å². The van der Waals surface area contributed by atoms with Crippen molar-refractivity contribution in [2.75, 3.05) is 11.9 Å². The number of anilines is 1. The van der Waals surface area contributed by atoms with Crippen LogP contribution in [0.2, 0.25) is 0 Å². The Balaban J connectivity index is 1.75. The maximum Gasteiger partial charge on any atom is 0.321 e. The fraction of sp³-hybridized carbons (Fsp3) is 0.227. The van der Waals surface area contributed by atoms with E-state index in [4.69, 9.17) is 0 Å². The van der Waals surface area contributed by atoms with E-state index in [-0.39, 0.29) is 11.9 Å². The predicted octanol–water partition coefficient (Wildman–Crippen LogP) is 3.62. The second kappa shape index (κ2) is 10.1. The highest BCUT2D eigenvalue weighted by atomic mass is 32.1. The first-order valence-corrected chi connectivity index (χ1v) is 11.1. The summed E-state index contributed by atoms with van der Waals surface area (Å²) in [7, 11) is 0. The molecule has 3 aromatic heterocycles. The minimum Gasteiger partial charge on any atom is -0.384 e. The van der Waals surface area contributed by atoms with Crippen LogP contribution < -0.4 is 10.6 Å². The van der Waals surface area contributed by atoms with Gasteiger partial charge < -0.3 is 15.5 Å². The highest BCUT2D eigenvalue weighted by Crippen LogP contribution is 2.38. The highest BCUT2D eigenvalue weighted by molar-refractivity contribution is 7.22. The molecular weight excluding hydrogens is 466 g/mol. The number of aromatic nitrogens is 4. The Bertz CT molecular complexity index is 1290. The summed E-state index contributed by atoms with van der Waals surface area (Å²) in [5.74, 6) is -0.315. The van der Waals surface area contributed by atoms with E-state index in [2.05, 4.69) is 30.6 Å². The summed E-state index contributed by atoms with van der Waals surface area (Å²) in [5.41, 5.74) is 3.26. The molecule has 0 radical (unpaired) electrons. The Kier molecular flexibility index (Phi) is 7.01. The number of carbonyl (C=O) groups excluding carboxylic acids is 1. The summed E-state index contributed by atoms with van der Waals surface area (Å²) in [5, 5.41) is 25.0. The number of hydrogen-bond acceptors (Lipinski definition) is 8. The smallest absolute Gasteiger partial charge is 0.321 e. The molecule has 34 heavy (non-hydrogen) atoms. The number of nitrogens with zero attached hydrogens (tertiary/aromatic N) is 4. The lowest BCUT2D eigenvalue weighted by Crippen LogP contribution is -2.28. The molecule has 0 fully saturated rings. The average molecular weight is 487 g/mol. The third-order valence-electron chi connectivity index (χ3n) is 4.84. The maximum absolute atomic E-state index is 12.7. The standard InChI is InChI=1S/C22H20F2N6O3S/c1-2-25-21(33)30-22-29-15-8-11(7-13(18(15)34-22)14-5-3-4-6-26-14)12-9-27-20(28-10-12)17(32)16(31)19(23)24/h3-10,16-17,19,31-32H,2H2,1H3,(H2,25,29,30,33)/t16-,17-/m0/s1. The monoisotopic (exact) mass is 486 g/mol. The molecule has 0 saturated carbocycles. The fourth-order valence-corrected chi connectivity index (χ4v) is 4.16. The molecule has 9 nitrogen and oxygen atoms in total. The van der Waals surface area contributed by atoms with Gasteiger partial charge in [-0.25, -0.2) is 28.5 Å². The van der Waals surface area contributed by atoms with Crippen molar-refractivity contribution in [3.63, 3.8) is 0 Å². The molecule has 0 spiro atoms. The van der Waals surface area contributed by atoms with E-state index < -0.39 is 18.6 Å². The summed E-state index contributed by atoms with van der Waals surface area (Å²) < 4.78 is 26.2. The molecule has 0 aliphatic heterocycles. The molecule has 1 aromatic carbocycles. The van der Waals surface area contributed by atoms with Gasteiger partial charge in [0.25, 0.3) is 6.43 Å². The van der Waals surface area contributed by atoms with Gasteiger partial charge in [0.15, 0.2) is 11.0 Å². The Hall–Kier alpha value is -3.61. The van der Waals surface area contributed by atoms with E-state index in [1.807, 2.05) is 25.1 Å². The zero-order valence-corrected chi connectivity index (χ0v) is 18.6. The summed E-state index contributed by atoms with van der Waals surface area (Å²) >= 11 is 1.30. The summed E-state index contributed by atoms with van der Waals surface area (Å²) in [4.78, 5) is 28.8. The van der Waals surface area contributed by atoms with Crippen molar-refractivity contribution in [1.82, 2.24) is 25.3 Å². The van der Waals surface area contributed by atoms with Crippen molar-refractivity contribution < 1.29 is 23.8 Å². The molecule has 0 aliphatic rings. The molecule has 0 bridgehead atoms. The fourth-order valence-electron chi connectivity index (χ4n) is 3.20. The number of aliphatic hydroxyl groups excluding tert-OH is 2. The number of alkyl halides is 2. The lowest BCUT2D eigenvalue weighted by Gasteiger charge is -2.15. The van der Waals surface area contributed by atoms with Crippen LogP contribution in [0.15, 0.2) is 48.9 Å². The zero-order chi connectivity index (χ0) is 24.2. The normalized spacial score (nSPS) is 13.1. The van der Waals surface area contributed by atoms with Gasteiger partial charge in [-0.1, -0.05) is 17.4 Å². The van der Waals surface area contributed by atoms with Crippen LogP contribution in [0.1, 0.15) is 18.9 Å². The van der Waals surface area contributed by atoms with Gasteiger partial charge in [-0.15, -0.1) is 0 Å². The van der Waals surface area contributed by atoms with Crippen molar-refractivity contribution in [2.24, 2.45) is 0 Å². The predicted molar refractivity (Wildman–Crippen MR) is 124 cm³/mol. The van der Waals surface area contributed by atoms with Gasteiger partial charge in [-0.05, 0) is 36.8 Å². The molecule has 3 heterocycles. The number of thiazole rings is 1. The van der Waals surface area contributed by atoms with Crippen LogP contribution >= 0.6 is 11.3 Å². The SMILES string of the molecule is CCNC(=O)Nc1nc2cc(-c3cnc([C@@H](O)[C@H](O)C(F)F)nc3)cc(-c3ccccn3)c2s1. The highest BCUT2D eigenvalue weighted by Gasteiger charge is 2.29. The second-order valence-electron chi connectivity index (χ2n) is 7.19. The van der Waals surface area contributed by atoms with Gasteiger partial charge in [-0.2, -0.15) is 0 Å². The Labute approximate surface area is 196 Å². The number of fused-ring (bicyclic) bond motifs is 1. The lowest BCUT2D eigenvalue weighted by molar-refractivity contribution is -0.0800. The number of carbonyl (C=O) groups is 1. The van der Waals surface area contributed by atoms with Crippen molar-refractivity contribution in [3.05, 3.63) is 54.7 Å². The number of amides is 2. The zero-order valence-electron chi connectivity index (χ0n) is 17.8. The van der Waals surface area contributed by atoms with E-state index >= 15 is 0 Å². The molecule has 4 rings (SSSR count). The molecular formula is C22H20F2N6O3S. The van der Waals surface area contributed by atoms with E-state index in [0.29, 0.717) is 34.0 Å². The van der Waals surface area contributed by atoms with Gasteiger partial charge >= 0.3 is 6.03 Å². The maximum atomic E-state index is 12.7. The quantitative estimate of drug-likeness (QED) is 0.314. The van der Waals surface area contributed by atoms with Gasteiger partial charge in [0.05, 0.1) is 15.9 Å². The topological polar surface area (TPSA) is 133 Å². The molecule has 4 N–H and O–H groups in total. The third kappa shape index (κ3) is 4.98. The van der Waals surface area contributed by atoms with Crippen LogP contribution in [-0.2, 0) is 0 Å². The van der Waals surface area contributed by atoms with Gasteiger partial charge in [0.1, 0.15) is 12.2 Å². The first-order chi connectivity index (χ1) is 16.4. The molecule has 2 amide bonds. The Morgan fingerprint density at radius 3 is 2.53 bits per heavy atom. The summed E-state index contributed by atoms with van der Waals surface area (Å²) in [6.07, 6.45) is -2.93. The molecule has 12 heteroatoms. The van der Waals surface area contributed by atoms with Gasteiger partial charge in [0, 0.05) is 36.3 Å². The molecule has 0 aliphatic carbocycles. The van der Waals surface area contributed by atoms with E-state index in [1.165, 1.54) is 23.7 Å². The van der Waals surface area contributed by atoms with E-state index in [1.54, 1.807) is 18.3 Å². The van der Waals surface area contributed by atoms with Gasteiger partial charge in [0.2, 0.25) is 0 Å². The van der Waals surface area contributed by atoms with Crippen LogP contribution in [-0.4, -0.2) is 55.3 Å². The van der Waals surface area contributed by atoms with Crippen molar-refractivity contribution >= 4 is 32.7 Å². The largest absolute Gasteiger partial charge is 0.384 e. The van der Waals surface area contributed by atoms with Crippen LogP contribution in [0, 0.1) is 0 Å². The minimum absolute atomic E-state index is 0.315. The second-order valence-corrected chi connectivity index (χ2v) is 8.19. The first kappa shape index (κ1) is 23.5. The summed E-state index contributed by atoms with van der Waals surface area (Å²) in [6, 6.07) is 8.77. The van der Waals surface area contributed by atoms with Gasteiger partial charge in [-0.3, -0.25) is 10.3 Å². The van der Waals surface area contributed by atoms with Crippen LogP contribution in [0.25, 0.3) is 32.6 Å². The number of halogens is 2.